The van der Waals surface area contributed by atoms with Crippen LogP contribution in [0, 0.1) is 20.8 Å². The van der Waals surface area contributed by atoms with E-state index in [1.54, 1.807) is 13.2 Å². The minimum absolute atomic E-state index is 0.369. The zero-order chi connectivity index (χ0) is 17.0. The highest BCUT2D eigenvalue weighted by molar-refractivity contribution is 5.76. The van der Waals surface area contributed by atoms with Crippen LogP contribution in [-0.2, 0) is 16.1 Å². The first-order valence-electron chi connectivity index (χ1n) is 7.42. The lowest BCUT2D eigenvalue weighted by Crippen LogP contribution is -2.10. The molecule has 0 bridgehead atoms. The van der Waals surface area contributed by atoms with Gasteiger partial charge in [-0.25, -0.2) is 4.79 Å². The standard InChI is InChI=1S/C17H22N2O4/c1-11-5-6-15(23-10-16(20)21)14(9-11)17-12(2)18-19(13(17)3)7-8-22-4/h5-6,9H,7-8,10H2,1-4H3,(H,20,21). The lowest BCUT2D eigenvalue weighted by Gasteiger charge is -2.12. The van der Waals surface area contributed by atoms with Gasteiger partial charge in [0.1, 0.15) is 5.75 Å². The van der Waals surface area contributed by atoms with Crippen LogP contribution in [-0.4, -0.2) is 41.2 Å². The molecular weight excluding hydrogens is 296 g/mol. The molecule has 1 N–H and O–H groups in total. The number of aryl methyl sites for hydroxylation is 2. The Kier molecular flexibility index (Phi) is 5.39. The summed E-state index contributed by atoms with van der Waals surface area (Å²) in [5.41, 5.74) is 4.80. The van der Waals surface area contributed by atoms with Crippen molar-refractivity contribution in [3.8, 4) is 16.9 Å². The van der Waals surface area contributed by atoms with E-state index in [9.17, 15) is 4.79 Å². The molecule has 0 fully saturated rings. The first-order chi connectivity index (χ1) is 10.9. The van der Waals surface area contributed by atoms with E-state index in [1.807, 2.05) is 37.6 Å². The van der Waals surface area contributed by atoms with E-state index in [4.69, 9.17) is 14.6 Å². The maximum Gasteiger partial charge on any atom is 0.341 e. The van der Waals surface area contributed by atoms with E-state index in [0.717, 1.165) is 28.1 Å². The Morgan fingerprint density at radius 1 is 1.30 bits per heavy atom. The number of hydrogen-bond donors (Lipinski definition) is 1. The van der Waals surface area contributed by atoms with Crippen LogP contribution in [0.1, 0.15) is 17.0 Å². The normalized spacial score (nSPS) is 10.8. The van der Waals surface area contributed by atoms with E-state index in [0.29, 0.717) is 18.9 Å². The van der Waals surface area contributed by atoms with Gasteiger partial charge in [-0.05, 0) is 32.9 Å². The fourth-order valence-electron chi connectivity index (χ4n) is 2.59. The summed E-state index contributed by atoms with van der Waals surface area (Å²) in [7, 11) is 1.66. The van der Waals surface area contributed by atoms with Crippen molar-refractivity contribution in [3.63, 3.8) is 0 Å². The molecule has 0 amide bonds. The molecule has 6 nitrogen and oxygen atoms in total. The molecule has 0 aliphatic carbocycles. The van der Waals surface area contributed by atoms with E-state index >= 15 is 0 Å². The Morgan fingerprint density at radius 2 is 2.04 bits per heavy atom. The number of carboxylic acids is 1. The predicted molar refractivity (Wildman–Crippen MR) is 86.9 cm³/mol. The molecule has 0 aliphatic heterocycles. The van der Waals surface area contributed by atoms with Crippen LogP contribution in [0.2, 0.25) is 0 Å². The van der Waals surface area contributed by atoms with Crippen LogP contribution < -0.4 is 4.74 Å². The summed E-state index contributed by atoms with van der Waals surface area (Å²) in [6, 6.07) is 5.70. The highest BCUT2D eigenvalue weighted by Crippen LogP contribution is 2.35. The third-order valence-electron chi connectivity index (χ3n) is 3.64. The summed E-state index contributed by atoms with van der Waals surface area (Å²) in [4.78, 5) is 10.8. The van der Waals surface area contributed by atoms with Crippen molar-refractivity contribution in [1.29, 1.82) is 0 Å². The van der Waals surface area contributed by atoms with Crippen molar-refractivity contribution < 1.29 is 19.4 Å². The molecule has 2 rings (SSSR count). The van der Waals surface area contributed by atoms with Gasteiger partial charge in [-0.15, -0.1) is 0 Å². The zero-order valence-corrected chi connectivity index (χ0v) is 13.9. The average Bonchev–Trinajstić information content (AvgIpc) is 2.78. The molecule has 124 valence electrons. The molecule has 0 atom stereocenters. The summed E-state index contributed by atoms with van der Waals surface area (Å²) in [6.07, 6.45) is 0. The van der Waals surface area contributed by atoms with Gasteiger partial charge >= 0.3 is 5.97 Å². The lowest BCUT2D eigenvalue weighted by atomic mass is 10.0. The van der Waals surface area contributed by atoms with Gasteiger partial charge in [0.2, 0.25) is 0 Å². The Hall–Kier alpha value is -2.34. The molecular formula is C17H22N2O4. The van der Waals surface area contributed by atoms with Crippen LogP contribution in [0.3, 0.4) is 0 Å². The van der Waals surface area contributed by atoms with Crippen LogP contribution in [0.4, 0.5) is 0 Å². The van der Waals surface area contributed by atoms with Crippen LogP contribution in [0.25, 0.3) is 11.1 Å². The number of aliphatic carboxylic acids is 1. The van der Waals surface area contributed by atoms with Gasteiger partial charge in [0.05, 0.1) is 18.8 Å². The second kappa shape index (κ2) is 7.28. The third kappa shape index (κ3) is 3.90. The van der Waals surface area contributed by atoms with Crippen molar-refractivity contribution in [2.24, 2.45) is 0 Å². The summed E-state index contributed by atoms with van der Waals surface area (Å²) < 4.78 is 12.5. The smallest absolute Gasteiger partial charge is 0.341 e. The molecule has 23 heavy (non-hydrogen) atoms. The fourth-order valence-corrected chi connectivity index (χ4v) is 2.59. The summed E-state index contributed by atoms with van der Waals surface area (Å²) in [5.74, 6) is -0.448. The quantitative estimate of drug-likeness (QED) is 0.849. The second-order valence-corrected chi connectivity index (χ2v) is 5.44. The number of methoxy groups -OCH3 is 1. The molecule has 0 saturated heterocycles. The van der Waals surface area contributed by atoms with Crippen molar-refractivity contribution in [2.75, 3.05) is 20.3 Å². The van der Waals surface area contributed by atoms with Crippen LogP contribution in [0.5, 0.6) is 5.75 Å². The van der Waals surface area contributed by atoms with Gasteiger partial charge in [0.25, 0.3) is 0 Å². The number of aromatic nitrogens is 2. The number of rotatable bonds is 7. The van der Waals surface area contributed by atoms with Crippen LogP contribution >= 0.6 is 0 Å². The van der Waals surface area contributed by atoms with E-state index in [1.165, 1.54) is 0 Å². The molecule has 2 aromatic rings. The first-order valence-corrected chi connectivity index (χ1v) is 7.42. The van der Waals surface area contributed by atoms with Gasteiger partial charge in [-0.1, -0.05) is 11.6 Å². The highest BCUT2D eigenvalue weighted by Gasteiger charge is 2.18. The summed E-state index contributed by atoms with van der Waals surface area (Å²) in [5, 5.41) is 13.4. The molecule has 0 unspecified atom stereocenters. The number of benzene rings is 1. The maximum atomic E-state index is 10.8. The van der Waals surface area contributed by atoms with Gasteiger partial charge in [-0.2, -0.15) is 5.10 Å². The molecule has 0 radical (unpaired) electrons. The molecule has 1 aromatic carbocycles. The van der Waals surface area contributed by atoms with Gasteiger partial charge < -0.3 is 14.6 Å². The topological polar surface area (TPSA) is 73.6 Å². The van der Waals surface area contributed by atoms with Crippen molar-refractivity contribution >= 4 is 5.97 Å². The first kappa shape index (κ1) is 17.0. The number of carboxylic acid groups (broad SMARTS) is 1. The average molecular weight is 318 g/mol. The Balaban J connectivity index is 2.46. The number of hydrogen-bond acceptors (Lipinski definition) is 4. The zero-order valence-electron chi connectivity index (χ0n) is 13.9. The highest BCUT2D eigenvalue weighted by atomic mass is 16.5. The van der Waals surface area contributed by atoms with E-state index in [2.05, 4.69) is 5.10 Å². The second-order valence-electron chi connectivity index (χ2n) is 5.44. The Morgan fingerprint density at radius 3 is 2.70 bits per heavy atom. The monoisotopic (exact) mass is 318 g/mol. The molecule has 0 spiro atoms. The van der Waals surface area contributed by atoms with Crippen molar-refractivity contribution in [1.82, 2.24) is 9.78 Å². The molecule has 1 aromatic heterocycles. The molecule has 1 heterocycles. The third-order valence-corrected chi connectivity index (χ3v) is 3.64. The maximum absolute atomic E-state index is 10.8. The lowest BCUT2D eigenvalue weighted by molar-refractivity contribution is -0.139. The predicted octanol–water partition coefficient (Wildman–Crippen LogP) is 2.59. The molecule has 0 saturated carbocycles. The molecule has 0 aliphatic rings. The van der Waals surface area contributed by atoms with Crippen LogP contribution in [0.15, 0.2) is 18.2 Å². The van der Waals surface area contributed by atoms with Crippen molar-refractivity contribution in [2.45, 2.75) is 27.3 Å². The number of nitrogens with zero attached hydrogens (tertiary/aromatic N) is 2. The number of ether oxygens (including phenoxy) is 2. The number of carbonyl (C=O) groups is 1. The molecule has 6 heteroatoms. The fraction of sp³-hybridized carbons (Fsp3) is 0.412. The van der Waals surface area contributed by atoms with Crippen molar-refractivity contribution in [3.05, 3.63) is 35.2 Å². The summed E-state index contributed by atoms with van der Waals surface area (Å²) in [6.45, 7) is 6.80. The van der Waals surface area contributed by atoms with E-state index < -0.39 is 5.97 Å². The van der Waals surface area contributed by atoms with Gasteiger partial charge in [0, 0.05) is 23.9 Å². The van der Waals surface area contributed by atoms with E-state index in [-0.39, 0.29) is 6.61 Å². The SMILES string of the molecule is COCCn1nc(C)c(-c2cc(C)ccc2OCC(=O)O)c1C. The Labute approximate surface area is 135 Å². The van der Waals surface area contributed by atoms with Gasteiger partial charge in [0.15, 0.2) is 6.61 Å². The largest absolute Gasteiger partial charge is 0.481 e. The summed E-state index contributed by atoms with van der Waals surface area (Å²) >= 11 is 0. The van der Waals surface area contributed by atoms with Gasteiger partial charge in [-0.3, -0.25) is 4.68 Å². The minimum Gasteiger partial charge on any atom is -0.481 e. The minimum atomic E-state index is -0.999. The Bertz CT molecular complexity index is 707.